The largest absolute Gasteiger partial charge is 0.416 e. The number of rotatable bonds is 1. The maximum Gasteiger partial charge on any atom is 0.416 e. The van der Waals surface area contributed by atoms with E-state index in [0.29, 0.717) is 5.65 Å². The van der Waals surface area contributed by atoms with Crippen molar-refractivity contribution >= 4 is 22.8 Å². The van der Waals surface area contributed by atoms with Crippen molar-refractivity contribution in [2.75, 3.05) is 0 Å². The molecule has 2 aromatic rings. The molecule has 0 unspecified atom stereocenters. The number of hydrogen-bond donors (Lipinski definition) is 0. The van der Waals surface area contributed by atoms with E-state index in [0.717, 1.165) is 0 Å². The summed E-state index contributed by atoms with van der Waals surface area (Å²) in [5, 5.41) is 0.160. The Morgan fingerprint density at radius 3 is 2.75 bits per heavy atom. The molecule has 0 aromatic carbocycles. The highest BCUT2D eigenvalue weighted by molar-refractivity contribution is 6.33. The number of pyridine rings is 1. The predicted octanol–water partition coefficient (Wildman–Crippen LogP) is 3.56. The van der Waals surface area contributed by atoms with E-state index >= 15 is 0 Å². The molecular weight excluding hydrogens is 241 g/mol. The van der Waals surface area contributed by atoms with Gasteiger partial charge in [0.1, 0.15) is 0 Å². The Hall–Kier alpha value is -1.49. The van der Waals surface area contributed by atoms with Gasteiger partial charge in [0.2, 0.25) is 0 Å². The second-order valence-electron chi connectivity index (χ2n) is 3.21. The summed E-state index contributed by atoms with van der Waals surface area (Å²) in [4.78, 5) is 3.90. The van der Waals surface area contributed by atoms with Crippen LogP contribution in [0.2, 0.25) is 5.02 Å². The molecule has 0 bridgehead atoms. The summed E-state index contributed by atoms with van der Waals surface area (Å²) in [5.41, 5.74) is -0.576. The predicted molar refractivity (Wildman–Crippen MR) is 55.3 cm³/mol. The molecule has 0 saturated heterocycles. The number of fused-ring (bicyclic) bond motifs is 1. The van der Waals surface area contributed by atoms with Crippen LogP contribution in [0.5, 0.6) is 0 Å². The van der Waals surface area contributed by atoms with Crippen molar-refractivity contribution in [1.82, 2.24) is 9.38 Å². The number of nitrogens with zero attached hydrogens (tertiary/aromatic N) is 2. The standard InChI is InChI=1S/C10H6ClF3N2/c1-6(10(12,13)14)7-4-8(11)9-15-2-3-16(9)5-7/h2-5H,1H2. The van der Waals surface area contributed by atoms with Gasteiger partial charge in [-0.15, -0.1) is 0 Å². The van der Waals surface area contributed by atoms with Crippen molar-refractivity contribution in [2.45, 2.75) is 6.18 Å². The number of imidazole rings is 1. The van der Waals surface area contributed by atoms with Crippen LogP contribution in [-0.2, 0) is 0 Å². The molecule has 2 rings (SSSR count). The van der Waals surface area contributed by atoms with E-state index in [1.165, 1.54) is 29.1 Å². The van der Waals surface area contributed by atoms with Gasteiger partial charge in [0.05, 0.1) is 10.6 Å². The Morgan fingerprint density at radius 1 is 1.44 bits per heavy atom. The molecule has 0 fully saturated rings. The van der Waals surface area contributed by atoms with Crippen LogP contribution < -0.4 is 0 Å². The molecule has 0 radical (unpaired) electrons. The molecule has 2 heterocycles. The molecule has 0 aliphatic carbocycles. The van der Waals surface area contributed by atoms with E-state index < -0.39 is 11.7 Å². The Kier molecular flexibility index (Phi) is 2.42. The molecular formula is C10H6ClF3N2. The first-order chi connectivity index (χ1) is 7.39. The molecule has 6 heteroatoms. The molecule has 0 aliphatic heterocycles. The van der Waals surface area contributed by atoms with Crippen molar-refractivity contribution in [1.29, 1.82) is 0 Å². The Labute approximate surface area is 94.0 Å². The second kappa shape index (κ2) is 3.52. The van der Waals surface area contributed by atoms with E-state index in [1.807, 2.05) is 0 Å². The monoisotopic (exact) mass is 246 g/mol. The number of allylic oxidation sites excluding steroid dienone is 1. The molecule has 84 valence electrons. The van der Waals surface area contributed by atoms with Gasteiger partial charge >= 0.3 is 6.18 Å². The van der Waals surface area contributed by atoms with Gasteiger partial charge in [-0.2, -0.15) is 13.2 Å². The maximum atomic E-state index is 12.4. The number of hydrogen-bond acceptors (Lipinski definition) is 1. The van der Waals surface area contributed by atoms with Crippen LogP contribution in [0.3, 0.4) is 0 Å². The third-order valence-electron chi connectivity index (χ3n) is 2.13. The average Bonchev–Trinajstić information content (AvgIpc) is 2.63. The van der Waals surface area contributed by atoms with Crippen molar-refractivity contribution in [3.63, 3.8) is 0 Å². The van der Waals surface area contributed by atoms with E-state index in [-0.39, 0.29) is 10.6 Å². The summed E-state index contributed by atoms with van der Waals surface area (Å²) in [6.45, 7) is 3.01. The van der Waals surface area contributed by atoms with Crippen LogP contribution >= 0.6 is 11.6 Å². The number of halogens is 4. The normalized spacial score (nSPS) is 12.0. The lowest BCUT2D eigenvalue weighted by atomic mass is 10.1. The Balaban J connectivity index is 2.58. The van der Waals surface area contributed by atoms with Crippen LogP contribution in [0, 0.1) is 0 Å². The molecule has 0 amide bonds. The van der Waals surface area contributed by atoms with Crippen molar-refractivity contribution < 1.29 is 13.2 Å². The zero-order valence-electron chi connectivity index (χ0n) is 7.92. The first-order valence-corrected chi connectivity index (χ1v) is 4.66. The SMILES string of the molecule is C=C(c1cc(Cl)c2nccn2c1)C(F)(F)F. The number of alkyl halides is 3. The minimum Gasteiger partial charge on any atom is -0.305 e. The van der Waals surface area contributed by atoms with Crippen LogP contribution in [0.25, 0.3) is 11.2 Å². The van der Waals surface area contributed by atoms with E-state index in [4.69, 9.17) is 11.6 Å². The molecule has 0 aliphatic rings. The summed E-state index contributed by atoms with van der Waals surface area (Å²) >= 11 is 5.81. The first kappa shape index (κ1) is 11.0. The van der Waals surface area contributed by atoms with Crippen molar-refractivity contribution in [3.8, 4) is 0 Å². The zero-order valence-corrected chi connectivity index (χ0v) is 8.68. The van der Waals surface area contributed by atoms with Gasteiger partial charge in [0, 0.05) is 24.2 Å². The highest BCUT2D eigenvalue weighted by Crippen LogP contribution is 2.33. The summed E-state index contributed by atoms with van der Waals surface area (Å²) in [5.74, 6) is 0. The van der Waals surface area contributed by atoms with E-state index in [2.05, 4.69) is 11.6 Å². The van der Waals surface area contributed by atoms with E-state index in [9.17, 15) is 13.2 Å². The van der Waals surface area contributed by atoms with Crippen LogP contribution in [0.1, 0.15) is 5.56 Å². The number of aromatic nitrogens is 2. The van der Waals surface area contributed by atoms with Crippen molar-refractivity contribution in [3.05, 3.63) is 41.8 Å². The third kappa shape index (κ3) is 1.78. The fourth-order valence-corrected chi connectivity index (χ4v) is 1.58. The van der Waals surface area contributed by atoms with Gasteiger partial charge < -0.3 is 4.40 Å². The lowest BCUT2D eigenvalue weighted by Crippen LogP contribution is -2.10. The second-order valence-corrected chi connectivity index (χ2v) is 3.62. The molecule has 0 spiro atoms. The molecule has 2 nitrogen and oxygen atoms in total. The van der Waals surface area contributed by atoms with Crippen molar-refractivity contribution in [2.24, 2.45) is 0 Å². The molecule has 0 atom stereocenters. The van der Waals surface area contributed by atoms with Gasteiger partial charge in [-0.3, -0.25) is 0 Å². The third-order valence-corrected chi connectivity index (χ3v) is 2.41. The minimum absolute atomic E-state index is 0.0667. The minimum atomic E-state index is -4.46. The Morgan fingerprint density at radius 2 is 2.12 bits per heavy atom. The summed E-state index contributed by atoms with van der Waals surface area (Å²) < 4.78 is 38.7. The highest BCUT2D eigenvalue weighted by atomic mass is 35.5. The summed E-state index contributed by atoms with van der Waals surface area (Å²) in [7, 11) is 0. The van der Waals surface area contributed by atoms with Gasteiger partial charge in [0.15, 0.2) is 5.65 Å². The molecule has 16 heavy (non-hydrogen) atoms. The Bertz CT molecular complexity index is 557. The summed E-state index contributed by atoms with van der Waals surface area (Å²) in [6.07, 6.45) is -0.183. The van der Waals surface area contributed by atoms with Crippen LogP contribution in [0.4, 0.5) is 13.2 Å². The van der Waals surface area contributed by atoms with Crippen LogP contribution in [0.15, 0.2) is 31.2 Å². The maximum absolute atomic E-state index is 12.4. The lowest BCUT2D eigenvalue weighted by molar-refractivity contribution is -0.0686. The fourth-order valence-electron chi connectivity index (χ4n) is 1.32. The molecule has 0 saturated carbocycles. The zero-order chi connectivity index (χ0) is 11.9. The lowest BCUT2D eigenvalue weighted by Gasteiger charge is -2.10. The fraction of sp³-hybridized carbons (Fsp3) is 0.100. The van der Waals surface area contributed by atoms with Gasteiger partial charge in [-0.25, -0.2) is 4.98 Å². The average molecular weight is 247 g/mol. The van der Waals surface area contributed by atoms with Crippen LogP contribution in [-0.4, -0.2) is 15.6 Å². The molecule has 0 N–H and O–H groups in total. The summed E-state index contributed by atoms with van der Waals surface area (Å²) in [6, 6.07) is 1.21. The quantitative estimate of drug-likeness (QED) is 0.752. The van der Waals surface area contributed by atoms with Gasteiger partial charge in [0.25, 0.3) is 0 Å². The first-order valence-electron chi connectivity index (χ1n) is 4.28. The van der Waals surface area contributed by atoms with Gasteiger partial charge in [-0.05, 0) is 6.07 Å². The van der Waals surface area contributed by atoms with Gasteiger partial charge in [-0.1, -0.05) is 18.2 Å². The highest BCUT2D eigenvalue weighted by Gasteiger charge is 2.33. The van der Waals surface area contributed by atoms with E-state index in [1.54, 1.807) is 0 Å². The molecule has 2 aromatic heterocycles. The topological polar surface area (TPSA) is 17.3 Å². The smallest absolute Gasteiger partial charge is 0.305 e.